The normalized spacial score (nSPS) is 12.4. The summed E-state index contributed by atoms with van der Waals surface area (Å²) in [7, 11) is 1.99. The summed E-state index contributed by atoms with van der Waals surface area (Å²) in [5.74, 6) is 0.0881. The van der Waals surface area contributed by atoms with E-state index in [1.807, 2.05) is 38.3 Å². The zero-order valence-corrected chi connectivity index (χ0v) is 25.6. The lowest BCUT2D eigenvalue weighted by atomic mass is 10.2. The molecule has 1 rings (SSSR count). The van der Waals surface area contributed by atoms with Crippen LogP contribution in [-0.2, 0) is 9.59 Å². The zero-order valence-electron chi connectivity index (χ0n) is 25.6. The molecule has 0 radical (unpaired) electrons. The van der Waals surface area contributed by atoms with Crippen molar-refractivity contribution in [2.24, 2.45) is 0 Å². The van der Waals surface area contributed by atoms with Gasteiger partial charge in [-0.25, -0.2) is 0 Å². The number of amides is 2. The maximum atomic E-state index is 12.1. The monoisotopic (exact) mass is 560 g/mol. The van der Waals surface area contributed by atoms with Gasteiger partial charge in [-0.05, 0) is 70.5 Å². The fourth-order valence-corrected chi connectivity index (χ4v) is 3.67. The third kappa shape index (κ3) is 22.9. The molecule has 0 atom stereocenters. The number of hydrogen-bond acceptors (Lipinski definition) is 4. The summed E-state index contributed by atoms with van der Waals surface area (Å²) in [5, 5.41) is 5.91. The molecule has 1 aromatic rings. The van der Waals surface area contributed by atoms with Crippen LogP contribution >= 0.6 is 0 Å². The van der Waals surface area contributed by atoms with E-state index in [-0.39, 0.29) is 11.8 Å². The Kier molecular flexibility index (Phi) is 22.1. The van der Waals surface area contributed by atoms with Crippen molar-refractivity contribution in [3.8, 4) is 0 Å². The molecule has 0 aliphatic rings. The summed E-state index contributed by atoms with van der Waals surface area (Å²) >= 11 is 0. The molecule has 224 valence electrons. The van der Waals surface area contributed by atoms with Crippen molar-refractivity contribution in [3.05, 3.63) is 96.4 Å². The number of unbranched alkanes of at least 4 members (excludes halogenated alkanes) is 1. The molecule has 41 heavy (non-hydrogen) atoms. The number of aryl methyl sites for hydroxylation is 1. The molecule has 0 fully saturated rings. The molecular formula is C35H52N4O2. The summed E-state index contributed by atoms with van der Waals surface area (Å²) in [5.41, 5.74) is 1.96. The molecule has 6 heteroatoms. The van der Waals surface area contributed by atoms with E-state index in [0.717, 1.165) is 69.3 Å². The lowest BCUT2D eigenvalue weighted by Crippen LogP contribution is -2.37. The van der Waals surface area contributed by atoms with E-state index in [2.05, 4.69) is 88.2 Å². The van der Waals surface area contributed by atoms with E-state index in [1.54, 1.807) is 6.20 Å². The topological polar surface area (TPSA) is 74.3 Å². The number of aromatic nitrogens is 1. The number of pyridine rings is 1. The average molecular weight is 561 g/mol. The molecule has 0 saturated heterocycles. The fourth-order valence-electron chi connectivity index (χ4n) is 3.67. The number of carbonyl (C=O) groups excluding carboxylic acids is 2. The fraction of sp³-hybridized carbons (Fsp3) is 0.457. The second-order valence-corrected chi connectivity index (χ2v) is 9.94. The van der Waals surface area contributed by atoms with Gasteiger partial charge in [0.2, 0.25) is 11.8 Å². The van der Waals surface area contributed by atoms with Gasteiger partial charge in [-0.1, -0.05) is 85.9 Å². The maximum absolute atomic E-state index is 12.1. The molecule has 2 N–H and O–H groups in total. The summed E-state index contributed by atoms with van der Waals surface area (Å²) < 4.78 is 0. The Labute approximate surface area is 249 Å². The van der Waals surface area contributed by atoms with Crippen LogP contribution in [0.1, 0.15) is 76.0 Å². The number of allylic oxidation sites excluding steroid dienone is 10. The van der Waals surface area contributed by atoms with E-state index in [1.165, 1.54) is 0 Å². The maximum Gasteiger partial charge on any atom is 0.223 e. The molecular weight excluding hydrogens is 508 g/mol. The van der Waals surface area contributed by atoms with E-state index in [9.17, 15) is 9.59 Å². The van der Waals surface area contributed by atoms with Crippen LogP contribution in [0.5, 0.6) is 0 Å². The molecule has 0 saturated carbocycles. The summed E-state index contributed by atoms with van der Waals surface area (Å²) in [6, 6.07) is 3.93. The molecule has 1 aromatic heterocycles. The van der Waals surface area contributed by atoms with Crippen molar-refractivity contribution in [2.45, 2.75) is 71.6 Å². The van der Waals surface area contributed by atoms with Gasteiger partial charge in [0.05, 0.1) is 0 Å². The Balaban J connectivity index is 1.97. The van der Waals surface area contributed by atoms with Gasteiger partial charge in [-0.2, -0.15) is 0 Å². The first-order chi connectivity index (χ1) is 20.0. The minimum Gasteiger partial charge on any atom is -0.355 e. The van der Waals surface area contributed by atoms with Crippen LogP contribution in [0.4, 0.5) is 0 Å². The van der Waals surface area contributed by atoms with Crippen molar-refractivity contribution in [1.29, 1.82) is 0 Å². The number of rotatable bonds is 22. The van der Waals surface area contributed by atoms with E-state index in [0.29, 0.717) is 25.9 Å². The van der Waals surface area contributed by atoms with Gasteiger partial charge in [-0.15, -0.1) is 0 Å². The first-order valence-corrected chi connectivity index (χ1v) is 15.1. The lowest BCUT2D eigenvalue weighted by Gasteiger charge is -2.17. The molecule has 0 aromatic carbocycles. The summed E-state index contributed by atoms with van der Waals surface area (Å²) in [6.45, 7) is 6.77. The Morgan fingerprint density at radius 3 is 1.90 bits per heavy atom. The molecule has 0 bridgehead atoms. The molecule has 6 nitrogen and oxygen atoms in total. The molecule has 2 amide bonds. The van der Waals surface area contributed by atoms with Gasteiger partial charge in [-0.3, -0.25) is 14.6 Å². The van der Waals surface area contributed by atoms with Crippen molar-refractivity contribution >= 4 is 17.9 Å². The molecule has 0 unspecified atom stereocenters. The Morgan fingerprint density at radius 1 is 0.780 bits per heavy atom. The molecule has 0 aliphatic heterocycles. The zero-order chi connectivity index (χ0) is 29.8. The summed E-state index contributed by atoms with van der Waals surface area (Å²) in [4.78, 5) is 30.4. The van der Waals surface area contributed by atoms with Crippen LogP contribution in [0.25, 0.3) is 6.08 Å². The van der Waals surface area contributed by atoms with Gasteiger partial charge in [0.1, 0.15) is 0 Å². The van der Waals surface area contributed by atoms with Gasteiger partial charge >= 0.3 is 0 Å². The second-order valence-electron chi connectivity index (χ2n) is 9.94. The Hall–Kier alpha value is -3.51. The van der Waals surface area contributed by atoms with Crippen LogP contribution in [-0.4, -0.2) is 54.9 Å². The number of nitrogens with one attached hydrogen (secondary N) is 2. The summed E-state index contributed by atoms with van der Waals surface area (Å²) in [6.07, 6.45) is 35.1. The van der Waals surface area contributed by atoms with E-state index < -0.39 is 0 Å². The number of hydrogen-bond donors (Lipinski definition) is 2. The van der Waals surface area contributed by atoms with Crippen LogP contribution in [0.3, 0.4) is 0 Å². The SMILES string of the molecule is CC/C=C\C/C=C\C/C=C\C/C=C\C/C=C\CCCC(=O)NCCN(C)CCNC(=O)C/C=C/c1ccc(C)nc1. The van der Waals surface area contributed by atoms with Crippen molar-refractivity contribution in [1.82, 2.24) is 20.5 Å². The van der Waals surface area contributed by atoms with Crippen LogP contribution in [0, 0.1) is 6.92 Å². The number of nitrogens with zero attached hydrogens (tertiary/aromatic N) is 2. The Bertz CT molecular complexity index is 1000. The molecule has 1 heterocycles. The van der Waals surface area contributed by atoms with Gasteiger partial charge < -0.3 is 15.5 Å². The third-order valence-electron chi connectivity index (χ3n) is 6.11. The van der Waals surface area contributed by atoms with Crippen LogP contribution < -0.4 is 10.6 Å². The third-order valence-corrected chi connectivity index (χ3v) is 6.11. The van der Waals surface area contributed by atoms with Gasteiger partial charge in [0.15, 0.2) is 0 Å². The van der Waals surface area contributed by atoms with Gasteiger partial charge in [0.25, 0.3) is 0 Å². The first-order valence-electron chi connectivity index (χ1n) is 15.1. The van der Waals surface area contributed by atoms with Crippen molar-refractivity contribution < 1.29 is 9.59 Å². The highest BCUT2D eigenvalue weighted by atomic mass is 16.2. The van der Waals surface area contributed by atoms with E-state index >= 15 is 0 Å². The standard InChI is InChI=1S/C35H52N4O2/c1-4-5-6-7-8-9-10-11-12-13-14-15-16-17-18-19-20-23-34(40)36-27-29-39(3)30-28-37-35(41)24-21-22-33-26-25-32(2)38-31-33/h5-6,8-9,11-12,14-15,17-18,21-22,25-26,31H,4,7,10,13,16,19-20,23-24,27-30H2,1-3H3,(H,36,40)(H,37,41)/b6-5-,9-8-,12-11-,15-14-,18-17-,22-21+. The highest BCUT2D eigenvalue weighted by Crippen LogP contribution is 2.03. The van der Waals surface area contributed by atoms with Crippen molar-refractivity contribution in [2.75, 3.05) is 33.2 Å². The minimum atomic E-state index is -0.00413. The quantitative estimate of drug-likeness (QED) is 0.120. The van der Waals surface area contributed by atoms with Gasteiger partial charge in [0, 0.05) is 50.9 Å². The largest absolute Gasteiger partial charge is 0.355 e. The molecule has 0 aliphatic carbocycles. The highest BCUT2D eigenvalue weighted by Gasteiger charge is 2.03. The second kappa shape index (κ2) is 25.5. The molecule has 0 spiro atoms. The van der Waals surface area contributed by atoms with Crippen LogP contribution in [0.15, 0.2) is 85.2 Å². The predicted molar refractivity (Wildman–Crippen MR) is 174 cm³/mol. The first kappa shape index (κ1) is 35.5. The van der Waals surface area contributed by atoms with E-state index in [4.69, 9.17) is 0 Å². The number of carbonyl (C=O) groups is 2. The smallest absolute Gasteiger partial charge is 0.223 e. The minimum absolute atomic E-state index is 0.00413. The lowest BCUT2D eigenvalue weighted by molar-refractivity contribution is -0.121. The predicted octanol–water partition coefficient (Wildman–Crippen LogP) is 6.88. The average Bonchev–Trinajstić information content (AvgIpc) is 2.95. The number of likely N-dealkylation sites (N-methyl/N-ethyl adjacent to an activating group) is 1. The highest BCUT2D eigenvalue weighted by molar-refractivity contribution is 5.78. The van der Waals surface area contributed by atoms with Crippen LogP contribution in [0.2, 0.25) is 0 Å². The van der Waals surface area contributed by atoms with Crippen molar-refractivity contribution in [3.63, 3.8) is 0 Å². The Morgan fingerprint density at radius 2 is 1.34 bits per heavy atom.